The molecule has 1 fully saturated rings. The van der Waals surface area contributed by atoms with Gasteiger partial charge in [-0.25, -0.2) is 0 Å². The predicted molar refractivity (Wildman–Crippen MR) is 106 cm³/mol. The van der Waals surface area contributed by atoms with E-state index in [-0.39, 0.29) is 6.67 Å². The van der Waals surface area contributed by atoms with Crippen molar-refractivity contribution in [2.45, 2.75) is 51.9 Å². The quantitative estimate of drug-likeness (QED) is 0.483. The standard InChI is InChI=1S/C24H31F/c1-2-24(23-13-11-20(12-14-23)8-6-7-19-25)17-15-22(16-18-24)21-9-4-3-5-10-21/h3-6,8-10,15-17,20,23H,2,7,11-14,18-19H2,1H3/t20-,23-,24?. The molecule has 134 valence electrons. The molecule has 0 nitrogen and oxygen atoms in total. The summed E-state index contributed by atoms with van der Waals surface area (Å²) in [6, 6.07) is 10.7. The molecular weight excluding hydrogens is 307 g/mol. The fourth-order valence-electron chi connectivity index (χ4n) is 4.63. The highest BCUT2D eigenvalue weighted by Crippen LogP contribution is 2.48. The van der Waals surface area contributed by atoms with Crippen molar-refractivity contribution in [1.82, 2.24) is 0 Å². The summed E-state index contributed by atoms with van der Waals surface area (Å²) in [5, 5.41) is 0. The third-order valence-corrected chi connectivity index (χ3v) is 6.33. The van der Waals surface area contributed by atoms with Gasteiger partial charge in [-0.3, -0.25) is 4.39 Å². The molecule has 1 saturated carbocycles. The number of hydrogen-bond donors (Lipinski definition) is 0. The molecule has 1 unspecified atom stereocenters. The molecule has 0 radical (unpaired) electrons. The van der Waals surface area contributed by atoms with Gasteiger partial charge in [0, 0.05) is 0 Å². The molecule has 3 rings (SSSR count). The molecule has 1 aromatic carbocycles. The highest BCUT2D eigenvalue weighted by Gasteiger charge is 2.37. The molecule has 0 heterocycles. The van der Waals surface area contributed by atoms with Crippen LogP contribution in [0.1, 0.15) is 57.4 Å². The maximum atomic E-state index is 12.2. The van der Waals surface area contributed by atoms with Crippen molar-refractivity contribution in [2.75, 3.05) is 6.67 Å². The number of halogens is 1. The van der Waals surface area contributed by atoms with E-state index in [9.17, 15) is 4.39 Å². The van der Waals surface area contributed by atoms with Gasteiger partial charge in [0.1, 0.15) is 0 Å². The third kappa shape index (κ3) is 4.32. The smallest absolute Gasteiger partial charge is 0.0928 e. The number of hydrogen-bond acceptors (Lipinski definition) is 0. The van der Waals surface area contributed by atoms with Crippen LogP contribution in [-0.2, 0) is 0 Å². The summed E-state index contributed by atoms with van der Waals surface area (Å²) in [7, 11) is 0. The molecule has 0 spiro atoms. The van der Waals surface area contributed by atoms with E-state index < -0.39 is 0 Å². The van der Waals surface area contributed by atoms with Crippen molar-refractivity contribution in [1.29, 1.82) is 0 Å². The number of rotatable bonds is 6. The van der Waals surface area contributed by atoms with Crippen LogP contribution in [0.15, 0.2) is 60.7 Å². The van der Waals surface area contributed by atoms with Gasteiger partial charge < -0.3 is 0 Å². The van der Waals surface area contributed by atoms with Crippen LogP contribution in [0, 0.1) is 17.3 Å². The molecular formula is C24H31F. The van der Waals surface area contributed by atoms with Gasteiger partial charge >= 0.3 is 0 Å². The van der Waals surface area contributed by atoms with Crippen LogP contribution in [-0.4, -0.2) is 6.67 Å². The third-order valence-electron chi connectivity index (χ3n) is 6.33. The second kappa shape index (κ2) is 8.65. The fraction of sp³-hybridized carbons (Fsp3) is 0.500. The van der Waals surface area contributed by atoms with Crippen LogP contribution in [0.25, 0.3) is 5.57 Å². The van der Waals surface area contributed by atoms with E-state index in [1.54, 1.807) is 0 Å². The lowest BCUT2D eigenvalue weighted by Gasteiger charge is -2.42. The summed E-state index contributed by atoms with van der Waals surface area (Å²) in [6.45, 7) is 2.12. The monoisotopic (exact) mass is 338 g/mol. The van der Waals surface area contributed by atoms with E-state index in [0.717, 1.165) is 12.3 Å². The average molecular weight is 339 g/mol. The van der Waals surface area contributed by atoms with Gasteiger partial charge in [-0.05, 0) is 73.3 Å². The molecule has 0 saturated heterocycles. The first-order chi connectivity index (χ1) is 12.3. The zero-order valence-electron chi connectivity index (χ0n) is 15.5. The van der Waals surface area contributed by atoms with Crippen LogP contribution in [0.2, 0.25) is 0 Å². The molecule has 25 heavy (non-hydrogen) atoms. The van der Waals surface area contributed by atoms with Crippen LogP contribution in [0.4, 0.5) is 4.39 Å². The summed E-state index contributed by atoms with van der Waals surface area (Å²) in [5.74, 6) is 1.45. The van der Waals surface area contributed by atoms with E-state index in [0.29, 0.717) is 17.8 Å². The molecule has 1 heteroatoms. The van der Waals surface area contributed by atoms with E-state index in [2.05, 4.69) is 61.6 Å². The Morgan fingerprint density at radius 3 is 2.48 bits per heavy atom. The number of allylic oxidation sites excluding steroid dienone is 6. The van der Waals surface area contributed by atoms with Gasteiger partial charge in [0.15, 0.2) is 0 Å². The fourth-order valence-corrected chi connectivity index (χ4v) is 4.63. The minimum Gasteiger partial charge on any atom is -0.251 e. The molecule has 1 aromatic rings. The minimum atomic E-state index is -0.230. The normalized spacial score (nSPS) is 29.8. The summed E-state index contributed by atoms with van der Waals surface area (Å²) in [6.07, 6.45) is 19.7. The van der Waals surface area contributed by atoms with Crippen molar-refractivity contribution >= 4 is 5.57 Å². The first kappa shape index (κ1) is 18.2. The first-order valence-electron chi connectivity index (χ1n) is 9.95. The predicted octanol–water partition coefficient (Wildman–Crippen LogP) is 7.15. The van der Waals surface area contributed by atoms with Crippen LogP contribution in [0.5, 0.6) is 0 Å². The van der Waals surface area contributed by atoms with Crippen LogP contribution in [0.3, 0.4) is 0 Å². The Bertz CT molecular complexity index is 617. The van der Waals surface area contributed by atoms with E-state index >= 15 is 0 Å². The average Bonchev–Trinajstić information content (AvgIpc) is 2.69. The highest BCUT2D eigenvalue weighted by atomic mass is 19.1. The summed E-state index contributed by atoms with van der Waals surface area (Å²) < 4.78 is 12.2. The Kier molecular flexibility index (Phi) is 6.29. The first-order valence-corrected chi connectivity index (χ1v) is 9.95. The van der Waals surface area contributed by atoms with E-state index in [4.69, 9.17) is 0 Å². The summed E-state index contributed by atoms with van der Waals surface area (Å²) in [4.78, 5) is 0. The maximum absolute atomic E-state index is 12.2. The molecule has 0 N–H and O–H groups in total. The van der Waals surface area contributed by atoms with Gasteiger partial charge in [0.05, 0.1) is 6.67 Å². The molecule has 0 amide bonds. The molecule has 1 atom stereocenters. The van der Waals surface area contributed by atoms with E-state index in [1.165, 1.54) is 43.2 Å². The molecule has 0 aliphatic heterocycles. The minimum absolute atomic E-state index is 0.230. The SMILES string of the molecule is CCC1([C@H]2CC[C@H](C=CCCF)CC2)C=CC(c2ccccc2)=CC1. The Morgan fingerprint density at radius 2 is 1.88 bits per heavy atom. The van der Waals surface area contributed by atoms with E-state index in [1.807, 2.05) is 6.08 Å². The molecule has 0 bridgehead atoms. The van der Waals surface area contributed by atoms with Gasteiger partial charge in [-0.15, -0.1) is 0 Å². The maximum Gasteiger partial charge on any atom is 0.0928 e. The number of benzene rings is 1. The lowest BCUT2D eigenvalue weighted by molar-refractivity contribution is 0.150. The number of alkyl halides is 1. The summed E-state index contributed by atoms with van der Waals surface area (Å²) >= 11 is 0. The zero-order valence-corrected chi connectivity index (χ0v) is 15.5. The topological polar surface area (TPSA) is 0 Å². The second-order valence-electron chi connectivity index (χ2n) is 7.67. The van der Waals surface area contributed by atoms with Gasteiger partial charge in [-0.1, -0.05) is 67.6 Å². The Morgan fingerprint density at radius 1 is 1.12 bits per heavy atom. The van der Waals surface area contributed by atoms with Crippen molar-refractivity contribution in [3.05, 3.63) is 66.3 Å². The lowest BCUT2D eigenvalue weighted by atomic mass is 9.62. The van der Waals surface area contributed by atoms with Crippen molar-refractivity contribution in [3.8, 4) is 0 Å². The Balaban J connectivity index is 1.62. The summed E-state index contributed by atoms with van der Waals surface area (Å²) in [5.41, 5.74) is 3.03. The Hall–Kier alpha value is -1.63. The van der Waals surface area contributed by atoms with Crippen molar-refractivity contribution in [2.24, 2.45) is 17.3 Å². The lowest BCUT2D eigenvalue weighted by Crippen LogP contribution is -2.32. The largest absolute Gasteiger partial charge is 0.251 e. The molecule has 2 aliphatic carbocycles. The van der Waals surface area contributed by atoms with Crippen LogP contribution < -0.4 is 0 Å². The highest BCUT2D eigenvalue weighted by molar-refractivity contribution is 5.75. The van der Waals surface area contributed by atoms with Crippen molar-refractivity contribution in [3.63, 3.8) is 0 Å². The van der Waals surface area contributed by atoms with Gasteiger partial charge in [0.25, 0.3) is 0 Å². The Labute approximate surface area is 152 Å². The van der Waals surface area contributed by atoms with Gasteiger partial charge in [0.2, 0.25) is 0 Å². The van der Waals surface area contributed by atoms with Crippen molar-refractivity contribution < 1.29 is 4.39 Å². The zero-order chi connectivity index (χ0) is 17.5. The second-order valence-corrected chi connectivity index (χ2v) is 7.67. The molecule has 2 aliphatic rings. The molecule has 0 aromatic heterocycles. The van der Waals surface area contributed by atoms with Gasteiger partial charge in [-0.2, -0.15) is 0 Å². The van der Waals surface area contributed by atoms with Crippen LogP contribution >= 0.6 is 0 Å².